The van der Waals surface area contributed by atoms with Crippen molar-refractivity contribution in [3.8, 4) is 0 Å². The van der Waals surface area contributed by atoms with Crippen LogP contribution in [0.2, 0.25) is 0 Å². The lowest BCUT2D eigenvalue weighted by atomic mass is 10.0. The number of hydrogen-bond donors (Lipinski definition) is 0. The molecule has 0 rings (SSSR count). The van der Waals surface area contributed by atoms with E-state index < -0.39 is 0 Å². The second-order valence-electron chi connectivity index (χ2n) is 5.60. The van der Waals surface area contributed by atoms with E-state index in [-0.39, 0.29) is 5.97 Å². The summed E-state index contributed by atoms with van der Waals surface area (Å²) in [6.45, 7) is 6.39. The van der Waals surface area contributed by atoms with Crippen LogP contribution in [0.5, 0.6) is 0 Å². The van der Waals surface area contributed by atoms with Crippen molar-refractivity contribution in [1.29, 1.82) is 0 Å². The number of unbranched alkanes of at least 4 members (excludes halogenated alkanes) is 2. The largest absolute Gasteiger partial charge is 0.469 e. The topological polar surface area (TPSA) is 26.3 Å². The molecule has 0 aliphatic heterocycles. The number of carbonyl (C=O) groups excluding carboxylic acids is 1. The smallest absolute Gasteiger partial charge is 0.305 e. The number of hydrogen-bond acceptors (Lipinski definition) is 2. The minimum absolute atomic E-state index is 0.101. The molecule has 0 aromatic rings. The van der Waals surface area contributed by atoms with Crippen LogP contribution >= 0.6 is 0 Å². The summed E-state index contributed by atoms with van der Waals surface area (Å²) in [5.74, 6) is -0.101. The Morgan fingerprint density at radius 1 is 0.952 bits per heavy atom. The van der Waals surface area contributed by atoms with Crippen LogP contribution in [-0.4, -0.2) is 13.1 Å². The van der Waals surface area contributed by atoms with E-state index in [0.717, 1.165) is 44.9 Å². The molecule has 0 aromatic carbocycles. The average Bonchev–Trinajstić information content (AvgIpc) is 2.47. The third-order valence-corrected chi connectivity index (χ3v) is 3.45. The molecule has 120 valence electrons. The molecule has 0 saturated carbocycles. The van der Waals surface area contributed by atoms with Gasteiger partial charge in [-0.2, -0.15) is 0 Å². The summed E-state index contributed by atoms with van der Waals surface area (Å²) >= 11 is 0. The SMILES string of the molecule is C/C=C(/CC/C=C/CCC=C(C)C)CCCCC(=O)OC. The third-order valence-electron chi connectivity index (χ3n) is 3.45. The molecule has 0 fully saturated rings. The van der Waals surface area contributed by atoms with Gasteiger partial charge in [0.15, 0.2) is 0 Å². The van der Waals surface area contributed by atoms with Crippen LogP contribution < -0.4 is 0 Å². The molecule has 0 aromatic heterocycles. The molecule has 2 heteroatoms. The monoisotopic (exact) mass is 292 g/mol. The van der Waals surface area contributed by atoms with Crippen LogP contribution in [0.15, 0.2) is 35.5 Å². The van der Waals surface area contributed by atoms with E-state index in [0.29, 0.717) is 6.42 Å². The zero-order chi connectivity index (χ0) is 15.9. The minimum Gasteiger partial charge on any atom is -0.469 e. The number of allylic oxidation sites excluding steroid dienone is 6. The zero-order valence-corrected chi connectivity index (χ0v) is 14.3. The summed E-state index contributed by atoms with van der Waals surface area (Å²) in [6.07, 6.45) is 17.2. The van der Waals surface area contributed by atoms with Crippen molar-refractivity contribution in [3.05, 3.63) is 35.5 Å². The molecule has 0 saturated heterocycles. The molecule has 0 spiro atoms. The van der Waals surface area contributed by atoms with Crippen LogP contribution in [0.4, 0.5) is 0 Å². The van der Waals surface area contributed by atoms with Crippen LogP contribution in [0, 0.1) is 0 Å². The number of carbonyl (C=O) groups is 1. The Kier molecular flexibility index (Phi) is 12.8. The second-order valence-corrected chi connectivity index (χ2v) is 5.60. The zero-order valence-electron chi connectivity index (χ0n) is 14.3. The van der Waals surface area contributed by atoms with E-state index in [2.05, 4.69) is 49.8 Å². The van der Waals surface area contributed by atoms with Crippen molar-refractivity contribution >= 4 is 5.97 Å². The lowest BCUT2D eigenvalue weighted by Crippen LogP contribution is -1.99. The molecule has 0 heterocycles. The Morgan fingerprint density at radius 2 is 1.62 bits per heavy atom. The Bertz CT molecular complexity index is 358. The lowest BCUT2D eigenvalue weighted by Gasteiger charge is -2.05. The normalized spacial score (nSPS) is 11.7. The molecule has 0 amide bonds. The van der Waals surface area contributed by atoms with Crippen LogP contribution in [-0.2, 0) is 9.53 Å². The fourth-order valence-electron chi connectivity index (χ4n) is 2.11. The molecular formula is C19H32O2. The van der Waals surface area contributed by atoms with Gasteiger partial charge in [-0.3, -0.25) is 4.79 Å². The van der Waals surface area contributed by atoms with Crippen molar-refractivity contribution in [1.82, 2.24) is 0 Å². The number of rotatable bonds is 11. The fraction of sp³-hybridized carbons (Fsp3) is 0.632. The summed E-state index contributed by atoms with van der Waals surface area (Å²) in [5.41, 5.74) is 2.89. The van der Waals surface area contributed by atoms with Gasteiger partial charge in [0.05, 0.1) is 7.11 Å². The van der Waals surface area contributed by atoms with Gasteiger partial charge in [0.2, 0.25) is 0 Å². The molecule has 0 unspecified atom stereocenters. The Hall–Kier alpha value is -1.31. The van der Waals surface area contributed by atoms with Gasteiger partial charge in [0.25, 0.3) is 0 Å². The second kappa shape index (κ2) is 13.7. The quantitative estimate of drug-likeness (QED) is 0.275. The predicted molar refractivity (Wildman–Crippen MR) is 91.3 cm³/mol. The molecule has 2 nitrogen and oxygen atoms in total. The molecular weight excluding hydrogens is 260 g/mol. The van der Waals surface area contributed by atoms with Crippen molar-refractivity contribution in [2.45, 2.75) is 72.1 Å². The highest BCUT2D eigenvalue weighted by molar-refractivity contribution is 5.68. The Labute approximate surface area is 131 Å². The summed E-state index contributed by atoms with van der Waals surface area (Å²) in [6, 6.07) is 0. The first-order valence-electron chi connectivity index (χ1n) is 8.09. The maximum atomic E-state index is 11.0. The van der Waals surface area contributed by atoms with E-state index in [9.17, 15) is 4.79 Å². The maximum Gasteiger partial charge on any atom is 0.305 e. The molecule has 0 bridgehead atoms. The summed E-state index contributed by atoms with van der Waals surface area (Å²) < 4.78 is 4.64. The minimum atomic E-state index is -0.101. The van der Waals surface area contributed by atoms with E-state index in [4.69, 9.17) is 0 Å². The first kappa shape index (κ1) is 19.7. The highest BCUT2D eigenvalue weighted by Crippen LogP contribution is 2.15. The molecule has 0 radical (unpaired) electrons. The van der Waals surface area contributed by atoms with Crippen molar-refractivity contribution in [2.24, 2.45) is 0 Å². The summed E-state index contributed by atoms with van der Waals surface area (Å²) in [4.78, 5) is 11.0. The van der Waals surface area contributed by atoms with E-state index in [1.54, 1.807) is 0 Å². The number of methoxy groups -OCH3 is 1. The summed E-state index contributed by atoms with van der Waals surface area (Å²) in [7, 11) is 1.45. The van der Waals surface area contributed by atoms with Gasteiger partial charge < -0.3 is 4.74 Å². The van der Waals surface area contributed by atoms with Crippen LogP contribution in [0.3, 0.4) is 0 Å². The first-order valence-corrected chi connectivity index (χ1v) is 8.09. The van der Waals surface area contributed by atoms with Crippen molar-refractivity contribution < 1.29 is 9.53 Å². The Morgan fingerprint density at radius 3 is 2.24 bits per heavy atom. The molecule has 0 aliphatic carbocycles. The molecule has 0 atom stereocenters. The van der Waals surface area contributed by atoms with Gasteiger partial charge >= 0.3 is 5.97 Å². The van der Waals surface area contributed by atoms with Gasteiger partial charge in [0, 0.05) is 6.42 Å². The summed E-state index contributed by atoms with van der Waals surface area (Å²) in [5, 5.41) is 0. The van der Waals surface area contributed by atoms with Gasteiger partial charge in [-0.15, -0.1) is 0 Å². The number of esters is 1. The highest BCUT2D eigenvalue weighted by atomic mass is 16.5. The van der Waals surface area contributed by atoms with Crippen molar-refractivity contribution in [3.63, 3.8) is 0 Å². The van der Waals surface area contributed by atoms with E-state index in [1.165, 1.54) is 18.3 Å². The molecule has 0 N–H and O–H groups in total. The third kappa shape index (κ3) is 13.4. The van der Waals surface area contributed by atoms with Gasteiger partial charge in [-0.1, -0.05) is 35.5 Å². The van der Waals surface area contributed by atoms with Crippen molar-refractivity contribution in [2.75, 3.05) is 7.11 Å². The predicted octanol–water partition coefficient (Wildman–Crippen LogP) is 5.75. The highest BCUT2D eigenvalue weighted by Gasteiger charge is 2.01. The molecule has 0 aliphatic rings. The van der Waals surface area contributed by atoms with Crippen LogP contribution in [0.25, 0.3) is 0 Å². The average molecular weight is 292 g/mol. The molecule has 21 heavy (non-hydrogen) atoms. The first-order chi connectivity index (χ1) is 10.1. The maximum absolute atomic E-state index is 11.0. The van der Waals surface area contributed by atoms with Crippen LogP contribution in [0.1, 0.15) is 72.1 Å². The Balaban J connectivity index is 3.69. The van der Waals surface area contributed by atoms with E-state index >= 15 is 0 Å². The number of ether oxygens (including phenoxy) is 1. The van der Waals surface area contributed by atoms with Gasteiger partial charge in [-0.25, -0.2) is 0 Å². The lowest BCUT2D eigenvalue weighted by molar-refractivity contribution is -0.140. The van der Waals surface area contributed by atoms with E-state index in [1.807, 2.05) is 0 Å². The standard InChI is InChI=1S/C19H32O2/c1-5-18(15-11-12-16-19(20)21-4)14-10-8-6-7-9-13-17(2)3/h5-6,8,13H,7,9-12,14-16H2,1-4H3/b8-6+,18-5-. The fourth-order valence-corrected chi connectivity index (χ4v) is 2.11. The van der Waals surface area contributed by atoms with Gasteiger partial charge in [-0.05, 0) is 65.7 Å². The van der Waals surface area contributed by atoms with Gasteiger partial charge in [0.1, 0.15) is 0 Å².